The van der Waals surface area contributed by atoms with Crippen LogP contribution in [0.5, 0.6) is 0 Å². The number of alkyl halides is 3. The van der Waals surface area contributed by atoms with E-state index in [-0.39, 0.29) is 0 Å². The number of nitrogens with zero attached hydrogens (tertiary/aromatic N) is 4. The van der Waals surface area contributed by atoms with E-state index in [0.29, 0.717) is 29.8 Å². The van der Waals surface area contributed by atoms with Gasteiger partial charge >= 0.3 is 6.18 Å². The third-order valence-electron chi connectivity index (χ3n) is 4.52. The Balaban J connectivity index is 1.56. The van der Waals surface area contributed by atoms with Gasteiger partial charge in [0.25, 0.3) is 0 Å². The molecule has 1 aromatic carbocycles. The van der Waals surface area contributed by atoms with Crippen LogP contribution in [0.25, 0.3) is 10.9 Å². The number of rotatable bonds is 3. The molecule has 0 spiro atoms. The molecule has 2 aromatic heterocycles. The van der Waals surface area contributed by atoms with E-state index < -0.39 is 12.0 Å². The van der Waals surface area contributed by atoms with Crippen LogP contribution in [0.2, 0.25) is 4.34 Å². The second-order valence-electron chi connectivity index (χ2n) is 6.35. The summed E-state index contributed by atoms with van der Waals surface area (Å²) in [5, 5.41) is 0.643. The maximum absolute atomic E-state index is 13.2. The van der Waals surface area contributed by atoms with Crippen LogP contribution in [0, 0.1) is 0 Å². The van der Waals surface area contributed by atoms with E-state index in [9.17, 15) is 13.2 Å². The molecule has 0 unspecified atom stereocenters. The first-order valence-electron chi connectivity index (χ1n) is 8.45. The smallest absolute Gasteiger partial charge is 0.353 e. The van der Waals surface area contributed by atoms with Crippen molar-refractivity contribution in [3.05, 3.63) is 51.4 Å². The monoisotopic (exact) mass is 412 g/mol. The van der Waals surface area contributed by atoms with Crippen molar-refractivity contribution in [3.63, 3.8) is 0 Å². The highest BCUT2D eigenvalue weighted by molar-refractivity contribution is 7.16. The topological polar surface area (TPSA) is 32.3 Å². The van der Waals surface area contributed by atoms with Crippen LogP contribution < -0.4 is 4.90 Å². The van der Waals surface area contributed by atoms with Gasteiger partial charge in [-0.1, -0.05) is 23.7 Å². The molecule has 0 amide bonds. The van der Waals surface area contributed by atoms with Crippen molar-refractivity contribution in [2.24, 2.45) is 0 Å². The first-order valence-corrected chi connectivity index (χ1v) is 9.65. The molecule has 0 aliphatic carbocycles. The summed E-state index contributed by atoms with van der Waals surface area (Å²) in [4.78, 5) is 12.9. The first-order chi connectivity index (χ1) is 12.9. The molecule has 1 saturated heterocycles. The minimum atomic E-state index is -4.57. The molecular weight excluding hydrogens is 397 g/mol. The molecule has 0 atom stereocenters. The van der Waals surface area contributed by atoms with Crippen molar-refractivity contribution < 1.29 is 13.2 Å². The molecule has 1 aliphatic rings. The Morgan fingerprint density at radius 3 is 2.41 bits per heavy atom. The third-order valence-corrected chi connectivity index (χ3v) is 5.73. The molecule has 142 valence electrons. The number of thiophene rings is 1. The molecule has 0 N–H and O–H groups in total. The zero-order chi connectivity index (χ0) is 19.0. The summed E-state index contributed by atoms with van der Waals surface area (Å²) >= 11 is 7.52. The average molecular weight is 413 g/mol. The third kappa shape index (κ3) is 4.02. The number of fused-ring (bicyclic) bond motifs is 1. The fourth-order valence-electron chi connectivity index (χ4n) is 3.20. The van der Waals surface area contributed by atoms with Gasteiger partial charge in [-0.05, 0) is 24.3 Å². The van der Waals surface area contributed by atoms with Gasteiger partial charge in [-0.3, -0.25) is 4.90 Å². The molecule has 4 nitrogen and oxygen atoms in total. The normalized spacial score (nSPS) is 16.2. The highest BCUT2D eigenvalue weighted by atomic mass is 35.5. The van der Waals surface area contributed by atoms with E-state index in [0.717, 1.165) is 24.0 Å². The highest BCUT2D eigenvalue weighted by Gasteiger charge is 2.36. The molecule has 3 heterocycles. The highest BCUT2D eigenvalue weighted by Crippen LogP contribution is 2.32. The number of anilines is 1. The van der Waals surface area contributed by atoms with Gasteiger partial charge in [-0.2, -0.15) is 13.2 Å². The quantitative estimate of drug-likeness (QED) is 0.625. The predicted octanol–water partition coefficient (Wildman–Crippen LogP) is 4.69. The molecule has 3 aromatic rings. The van der Waals surface area contributed by atoms with Gasteiger partial charge in [-0.15, -0.1) is 11.3 Å². The second kappa shape index (κ2) is 7.26. The number of para-hydroxylation sites is 1. The van der Waals surface area contributed by atoms with Gasteiger partial charge in [-0.25, -0.2) is 9.97 Å². The van der Waals surface area contributed by atoms with Gasteiger partial charge in [0.1, 0.15) is 5.82 Å². The summed E-state index contributed by atoms with van der Waals surface area (Å²) in [5.74, 6) is -0.737. The number of hydrogen-bond acceptors (Lipinski definition) is 5. The SMILES string of the molecule is FC(F)(F)c1nc(N2CCN(Cc3ccc(Cl)s3)CC2)c2ccccc2n1. The number of piperazine rings is 1. The lowest BCUT2D eigenvalue weighted by Crippen LogP contribution is -2.46. The standard InChI is InChI=1S/C18H16ClF3N4S/c19-15-6-5-12(27-15)11-25-7-9-26(10-8-25)16-13-3-1-2-4-14(13)23-17(24-16)18(20,21)22/h1-6H,7-11H2. The van der Waals surface area contributed by atoms with E-state index in [1.807, 2.05) is 17.0 Å². The summed E-state index contributed by atoms with van der Waals surface area (Å²) in [6.45, 7) is 3.50. The Kier molecular flexibility index (Phi) is 4.96. The number of hydrogen-bond donors (Lipinski definition) is 0. The Labute approximate surface area is 163 Å². The van der Waals surface area contributed by atoms with Crippen molar-refractivity contribution in [2.45, 2.75) is 12.7 Å². The zero-order valence-electron chi connectivity index (χ0n) is 14.2. The number of benzene rings is 1. The van der Waals surface area contributed by atoms with Gasteiger partial charge in [0.05, 0.1) is 9.85 Å². The van der Waals surface area contributed by atoms with Crippen LogP contribution in [-0.4, -0.2) is 41.0 Å². The van der Waals surface area contributed by atoms with Gasteiger partial charge in [0.15, 0.2) is 0 Å². The Morgan fingerprint density at radius 1 is 1.00 bits per heavy atom. The minimum absolute atomic E-state index is 0.311. The van der Waals surface area contributed by atoms with Crippen LogP contribution >= 0.6 is 22.9 Å². The molecular formula is C18H16ClF3N4S. The van der Waals surface area contributed by atoms with Gasteiger partial charge in [0.2, 0.25) is 5.82 Å². The number of aromatic nitrogens is 2. The fraction of sp³-hybridized carbons (Fsp3) is 0.333. The van der Waals surface area contributed by atoms with Crippen LogP contribution in [0.3, 0.4) is 0 Å². The van der Waals surface area contributed by atoms with Crippen molar-refractivity contribution in [2.75, 3.05) is 31.1 Å². The first kappa shape index (κ1) is 18.5. The molecule has 9 heteroatoms. The van der Waals surface area contributed by atoms with Gasteiger partial charge in [0, 0.05) is 43.0 Å². The summed E-state index contributed by atoms with van der Waals surface area (Å²) < 4.78 is 40.4. The lowest BCUT2D eigenvalue weighted by Gasteiger charge is -2.35. The molecule has 4 rings (SSSR count). The fourth-order valence-corrected chi connectivity index (χ4v) is 4.33. The maximum atomic E-state index is 13.2. The number of halogens is 4. The lowest BCUT2D eigenvalue weighted by atomic mass is 10.2. The molecule has 0 saturated carbocycles. The summed E-state index contributed by atoms with van der Waals surface area (Å²) in [6, 6.07) is 10.7. The maximum Gasteiger partial charge on any atom is 0.451 e. The van der Waals surface area contributed by atoms with Crippen molar-refractivity contribution in [3.8, 4) is 0 Å². The lowest BCUT2D eigenvalue weighted by molar-refractivity contribution is -0.144. The van der Waals surface area contributed by atoms with E-state index in [1.165, 1.54) is 4.88 Å². The van der Waals surface area contributed by atoms with Gasteiger partial charge < -0.3 is 4.90 Å². The average Bonchev–Trinajstić information content (AvgIpc) is 3.05. The van der Waals surface area contributed by atoms with E-state index in [4.69, 9.17) is 11.6 Å². The largest absolute Gasteiger partial charge is 0.451 e. The van der Waals surface area contributed by atoms with Crippen LogP contribution in [0.4, 0.5) is 19.0 Å². The van der Waals surface area contributed by atoms with E-state index >= 15 is 0 Å². The molecule has 27 heavy (non-hydrogen) atoms. The Morgan fingerprint density at radius 2 is 1.74 bits per heavy atom. The van der Waals surface area contributed by atoms with Crippen LogP contribution in [-0.2, 0) is 12.7 Å². The van der Waals surface area contributed by atoms with E-state index in [2.05, 4.69) is 14.9 Å². The Hall–Kier alpha value is -1.90. The second-order valence-corrected chi connectivity index (χ2v) is 8.15. The van der Waals surface area contributed by atoms with Crippen molar-refractivity contribution in [1.29, 1.82) is 0 Å². The van der Waals surface area contributed by atoms with Crippen LogP contribution in [0.15, 0.2) is 36.4 Å². The summed E-state index contributed by atoms with van der Waals surface area (Å²) in [7, 11) is 0. The van der Waals surface area contributed by atoms with Crippen molar-refractivity contribution in [1.82, 2.24) is 14.9 Å². The molecule has 0 bridgehead atoms. The summed E-state index contributed by atoms with van der Waals surface area (Å²) in [5.41, 5.74) is 0.311. The molecule has 0 radical (unpaired) electrons. The van der Waals surface area contributed by atoms with Crippen molar-refractivity contribution >= 4 is 39.7 Å². The summed E-state index contributed by atoms with van der Waals surface area (Å²) in [6.07, 6.45) is -4.57. The molecule has 1 aliphatic heterocycles. The minimum Gasteiger partial charge on any atom is -0.353 e. The molecule has 1 fully saturated rings. The predicted molar refractivity (Wildman–Crippen MR) is 101 cm³/mol. The zero-order valence-corrected chi connectivity index (χ0v) is 15.8. The van der Waals surface area contributed by atoms with Crippen LogP contribution in [0.1, 0.15) is 10.7 Å². The van der Waals surface area contributed by atoms with E-state index in [1.54, 1.807) is 35.6 Å². The Bertz CT molecular complexity index is 951.